The fraction of sp³-hybridized carbons (Fsp3) is 0.611. The second-order valence-electron chi connectivity index (χ2n) is 7.61. The van der Waals surface area contributed by atoms with Crippen LogP contribution in [-0.4, -0.2) is 69.2 Å². The highest BCUT2D eigenvalue weighted by molar-refractivity contribution is 14.1. The molecule has 2 aliphatic rings. The van der Waals surface area contributed by atoms with Crippen LogP contribution in [0.3, 0.4) is 0 Å². The quantitative estimate of drug-likeness (QED) is 0.626. The Morgan fingerprint density at radius 3 is 2.61 bits per heavy atom. The maximum atomic E-state index is 12.0. The van der Waals surface area contributed by atoms with Gasteiger partial charge in [-0.15, -0.1) is 0 Å². The third-order valence-electron chi connectivity index (χ3n) is 5.35. The number of halogens is 1. The Morgan fingerprint density at radius 1 is 1.21 bits per heavy atom. The Labute approximate surface area is 179 Å². The molecule has 2 saturated heterocycles. The van der Waals surface area contributed by atoms with Gasteiger partial charge >= 0.3 is 0 Å². The molecule has 0 spiro atoms. The van der Waals surface area contributed by atoms with Crippen LogP contribution < -0.4 is 9.62 Å². The Balaban J connectivity index is 1.82. The molecule has 1 atom stereocenters. The number of hydrogen-bond acceptors (Lipinski definition) is 6. The summed E-state index contributed by atoms with van der Waals surface area (Å²) in [5.74, 6) is 0. The summed E-state index contributed by atoms with van der Waals surface area (Å²) in [6.45, 7) is 4.34. The highest BCUT2D eigenvalue weighted by atomic mass is 127. The number of ether oxygens (including phenoxy) is 1. The lowest BCUT2D eigenvalue weighted by molar-refractivity contribution is -0.0368. The lowest BCUT2D eigenvalue weighted by Crippen LogP contribution is -2.44. The molecule has 154 valence electrons. The van der Waals surface area contributed by atoms with Crippen LogP contribution in [0, 0.1) is 3.70 Å². The summed E-state index contributed by atoms with van der Waals surface area (Å²) in [5, 5.41) is 5.67. The molecule has 0 radical (unpaired) electrons. The van der Waals surface area contributed by atoms with Crippen molar-refractivity contribution in [1.29, 1.82) is 0 Å². The number of nitrogens with zero attached hydrogens (tertiary/aromatic N) is 4. The Hall–Kier alpha value is -1.11. The molecular formula is C18H26IN5O3S. The van der Waals surface area contributed by atoms with Crippen molar-refractivity contribution in [3.05, 3.63) is 15.8 Å². The monoisotopic (exact) mass is 519 g/mol. The van der Waals surface area contributed by atoms with Gasteiger partial charge in [0.15, 0.2) is 6.23 Å². The highest BCUT2D eigenvalue weighted by Gasteiger charge is 2.25. The summed E-state index contributed by atoms with van der Waals surface area (Å²) in [6, 6.07) is 3.99. The Bertz CT molecular complexity index is 963. The van der Waals surface area contributed by atoms with Crippen molar-refractivity contribution in [2.75, 3.05) is 55.7 Å². The zero-order valence-electron chi connectivity index (χ0n) is 16.2. The average molecular weight is 519 g/mol. The maximum absolute atomic E-state index is 12.0. The van der Waals surface area contributed by atoms with E-state index in [1.807, 2.05) is 10.7 Å². The van der Waals surface area contributed by atoms with Gasteiger partial charge in [-0.2, -0.15) is 5.10 Å². The predicted octanol–water partition coefficient (Wildman–Crippen LogP) is 2.46. The molecule has 10 heteroatoms. The third kappa shape index (κ3) is 4.24. The third-order valence-corrected chi connectivity index (χ3v) is 6.73. The largest absolute Gasteiger partial charge is 0.367 e. The van der Waals surface area contributed by atoms with E-state index in [-0.39, 0.29) is 6.23 Å². The van der Waals surface area contributed by atoms with Crippen molar-refractivity contribution in [3.8, 4) is 0 Å². The number of sulfonamides is 1. The number of anilines is 2. The molecule has 0 saturated carbocycles. The number of hydrogen-bond donors (Lipinski definition) is 1. The molecule has 28 heavy (non-hydrogen) atoms. The van der Waals surface area contributed by atoms with Crippen LogP contribution in [0.2, 0.25) is 0 Å². The summed E-state index contributed by atoms with van der Waals surface area (Å²) < 4.78 is 35.5. The van der Waals surface area contributed by atoms with E-state index in [0.29, 0.717) is 5.69 Å². The first kappa shape index (κ1) is 20.2. The highest BCUT2D eigenvalue weighted by Crippen LogP contribution is 2.36. The van der Waals surface area contributed by atoms with Gasteiger partial charge in [0, 0.05) is 38.2 Å². The number of rotatable bonds is 4. The molecule has 8 nitrogen and oxygen atoms in total. The van der Waals surface area contributed by atoms with E-state index in [4.69, 9.17) is 9.84 Å². The molecule has 0 amide bonds. The molecular weight excluding hydrogens is 493 g/mol. The van der Waals surface area contributed by atoms with Crippen molar-refractivity contribution in [3.63, 3.8) is 0 Å². The van der Waals surface area contributed by atoms with Gasteiger partial charge in [-0.25, -0.2) is 13.1 Å². The zero-order valence-corrected chi connectivity index (χ0v) is 19.2. The standard InChI is InChI=1S/C18H26IN5O3S/c1-22-6-8-23(9-7-22)16-12-15-13(11-14(16)21-28(2,25)26)18(19)20-24(15)17-5-3-4-10-27-17/h11-12,17,21H,3-10H2,1-2H3. The van der Waals surface area contributed by atoms with Gasteiger partial charge in [-0.1, -0.05) is 0 Å². The first-order chi connectivity index (χ1) is 13.3. The minimum Gasteiger partial charge on any atom is -0.367 e. The van der Waals surface area contributed by atoms with Crippen molar-refractivity contribution in [1.82, 2.24) is 14.7 Å². The molecule has 3 heterocycles. The van der Waals surface area contributed by atoms with Gasteiger partial charge in [0.05, 0.1) is 23.1 Å². The number of fused-ring (bicyclic) bond motifs is 1. The topological polar surface area (TPSA) is 79.7 Å². The first-order valence-corrected chi connectivity index (χ1v) is 12.5. The minimum atomic E-state index is -3.39. The summed E-state index contributed by atoms with van der Waals surface area (Å²) in [7, 11) is -1.28. The predicted molar refractivity (Wildman–Crippen MR) is 119 cm³/mol. The fourth-order valence-electron chi connectivity index (χ4n) is 3.86. The van der Waals surface area contributed by atoms with Crippen LogP contribution in [0.5, 0.6) is 0 Å². The number of benzene rings is 1. The molecule has 2 aromatic rings. The summed E-state index contributed by atoms with van der Waals surface area (Å²) in [4.78, 5) is 4.53. The summed E-state index contributed by atoms with van der Waals surface area (Å²) in [5.41, 5.74) is 2.50. The van der Waals surface area contributed by atoms with E-state index in [2.05, 4.69) is 50.2 Å². The van der Waals surface area contributed by atoms with Crippen molar-refractivity contribution < 1.29 is 13.2 Å². The zero-order chi connectivity index (χ0) is 19.9. The normalized spacial score (nSPS) is 22.0. The molecule has 0 bridgehead atoms. The van der Waals surface area contributed by atoms with E-state index < -0.39 is 10.0 Å². The van der Waals surface area contributed by atoms with E-state index in [1.165, 1.54) is 6.26 Å². The van der Waals surface area contributed by atoms with E-state index in [1.54, 1.807) is 0 Å². The van der Waals surface area contributed by atoms with Gasteiger partial charge in [0.2, 0.25) is 10.0 Å². The molecule has 2 fully saturated rings. The lowest BCUT2D eigenvalue weighted by Gasteiger charge is -2.35. The SMILES string of the molecule is CN1CCN(c2cc3c(cc2NS(C)(=O)=O)c(I)nn3C2CCCCO2)CC1. The number of nitrogens with one attached hydrogen (secondary N) is 1. The van der Waals surface area contributed by atoms with Crippen molar-refractivity contribution in [2.24, 2.45) is 0 Å². The minimum absolute atomic E-state index is 0.0613. The molecule has 1 aromatic heterocycles. The fourth-order valence-corrected chi connectivity index (χ4v) is 5.09. The summed E-state index contributed by atoms with van der Waals surface area (Å²) >= 11 is 2.21. The van der Waals surface area contributed by atoms with Crippen LogP contribution in [-0.2, 0) is 14.8 Å². The first-order valence-electron chi connectivity index (χ1n) is 9.56. The van der Waals surface area contributed by atoms with Crippen LogP contribution in [0.4, 0.5) is 11.4 Å². The summed E-state index contributed by atoms with van der Waals surface area (Å²) in [6.07, 6.45) is 4.28. The molecule has 1 N–H and O–H groups in total. The number of likely N-dealkylation sites (N-methyl/N-ethyl adjacent to an activating group) is 1. The lowest BCUT2D eigenvalue weighted by atomic mass is 10.1. The van der Waals surface area contributed by atoms with E-state index in [9.17, 15) is 8.42 Å². The molecule has 1 unspecified atom stereocenters. The Morgan fingerprint density at radius 2 is 1.96 bits per heavy atom. The number of aromatic nitrogens is 2. The van der Waals surface area contributed by atoms with Crippen molar-refractivity contribution in [2.45, 2.75) is 25.5 Å². The smallest absolute Gasteiger partial charge is 0.229 e. The Kier molecular flexibility index (Phi) is 5.73. The molecule has 0 aliphatic carbocycles. The van der Waals surface area contributed by atoms with Crippen LogP contribution in [0.25, 0.3) is 10.9 Å². The average Bonchev–Trinajstić information content (AvgIpc) is 2.97. The van der Waals surface area contributed by atoms with Crippen LogP contribution in [0.15, 0.2) is 12.1 Å². The second kappa shape index (κ2) is 7.96. The van der Waals surface area contributed by atoms with Gasteiger partial charge in [0.25, 0.3) is 0 Å². The van der Waals surface area contributed by atoms with Gasteiger partial charge in [0.1, 0.15) is 3.70 Å². The van der Waals surface area contributed by atoms with Gasteiger partial charge in [-0.3, -0.25) is 4.72 Å². The van der Waals surface area contributed by atoms with Gasteiger partial charge in [-0.05, 0) is 61.0 Å². The van der Waals surface area contributed by atoms with Gasteiger partial charge < -0.3 is 14.5 Å². The molecule has 2 aliphatic heterocycles. The maximum Gasteiger partial charge on any atom is 0.229 e. The van der Waals surface area contributed by atoms with E-state index in [0.717, 1.165) is 72.3 Å². The second-order valence-corrected chi connectivity index (χ2v) is 10.4. The number of piperazine rings is 1. The molecule has 1 aromatic carbocycles. The van der Waals surface area contributed by atoms with Crippen molar-refractivity contribution >= 4 is 54.9 Å². The van der Waals surface area contributed by atoms with Crippen LogP contribution in [0.1, 0.15) is 25.5 Å². The van der Waals surface area contributed by atoms with E-state index >= 15 is 0 Å². The molecule has 4 rings (SSSR count). The van der Waals surface area contributed by atoms with Crippen LogP contribution >= 0.6 is 22.6 Å².